The second kappa shape index (κ2) is 3.87. The number of hydrogen-bond acceptors (Lipinski definition) is 4. The first-order valence-electron chi connectivity index (χ1n) is 3.18. The van der Waals surface area contributed by atoms with Gasteiger partial charge in [-0.1, -0.05) is 11.6 Å². The van der Waals surface area contributed by atoms with Crippen LogP contribution in [0.3, 0.4) is 0 Å². The minimum Gasteiger partial charge on any atom is -0.281 e. The predicted molar refractivity (Wildman–Crippen MR) is 44.5 cm³/mol. The van der Waals surface area contributed by atoms with Gasteiger partial charge in [-0.2, -0.15) is 0 Å². The number of rotatable bonds is 2. The Morgan fingerprint density at radius 3 is 3.00 bits per heavy atom. The molecular formula is C6H7ClN4O. The molecule has 1 rings (SSSR count). The molecule has 0 atom stereocenters. The van der Waals surface area contributed by atoms with Gasteiger partial charge in [-0.15, -0.1) is 0 Å². The monoisotopic (exact) mass is 186 g/mol. The molecule has 0 aliphatic carbocycles. The standard InChI is InChI=1S/C6H7ClN4O/c1-4(12)10-11-6-5(7)2-8-3-9-6/h2-3H,1H3,(H,10,12)(H,8,9,11). The SMILES string of the molecule is CC(=O)NNc1ncncc1Cl. The van der Waals surface area contributed by atoms with E-state index in [1.54, 1.807) is 0 Å². The van der Waals surface area contributed by atoms with Crippen molar-refractivity contribution < 1.29 is 4.79 Å². The van der Waals surface area contributed by atoms with Crippen molar-refractivity contribution in [3.8, 4) is 0 Å². The summed E-state index contributed by atoms with van der Waals surface area (Å²) < 4.78 is 0. The average Bonchev–Trinajstić information content (AvgIpc) is 2.03. The number of hydrogen-bond donors (Lipinski definition) is 2. The van der Waals surface area contributed by atoms with Crippen LogP contribution in [0.4, 0.5) is 5.82 Å². The summed E-state index contributed by atoms with van der Waals surface area (Å²) in [5, 5.41) is 0.353. The Labute approximate surface area is 74.1 Å². The van der Waals surface area contributed by atoms with E-state index >= 15 is 0 Å². The van der Waals surface area contributed by atoms with Gasteiger partial charge in [-0.3, -0.25) is 15.6 Å². The van der Waals surface area contributed by atoms with Crippen LogP contribution in [-0.4, -0.2) is 15.9 Å². The number of hydrazine groups is 1. The van der Waals surface area contributed by atoms with Crippen LogP contribution in [-0.2, 0) is 4.79 Å². The van der Waals surface area contributed by atoms with Gasteiger partial charge in [0.1, 0.15) is 11.3 Å². The van der Waals surface area contributed by atoms with Gasteiger partial charge in [0, 0.05) is 6.92 Å². The van der Waals surface area contributed by atoms with Crippen LogP contribution in [0.2, 0.25) is 5.02 Å². The Morgan fingerprint density at radius 2 is 2.42 bits per heavy atom. The van der Waals surface area contributed by atoms with E-state index in [2.05, 4.69) is 20.8 Å². The maximum atomic E-state index is 10.5. The molecule has 64 valence electrons. The second-order valence-electron chi connectivity index (χ2n) is 2.03. The molecule has 1 aromatic rings. The zero-order chi connectivity index (χ0) is 8.97. The number of aromatic nitrogens is 2. The Bertz CT molecular complexity index is 291. The topological polar surface area (TPSA) is 66.9 Å². The molecule has 0 spiro atoms. The Morgan fingerprint density at radius 1 is 1.67 bits per heavy atom. The van der Waals surface area contributed by atoms with Gasteiger partial charge in [0.25, 0.3) is 0 Å². The predicted octanol–water partition coefficient (Wildman–Crippen LogP) is 0.593. The fourth-order valence-corrected chi connectivity index (χ4v) is 0.704. The lowest BCUT2D eigenvalue weighted by Gasteiger charge is -2.05. The van der Waals surface area contributed by atoms with Crippen molar-refractivity contribution in [1.82, 2.24) is 15.4 Å². The largest absolute Gasteiger partial charge is 0.281 e. The van der Waals surface area contributed by atoms with Crippen LogP contribution in [0.25, 0.3) is 0 Å². The zero-order valence-electron chi connectivity index (χ0n) is 6.34. The molecule has 0 aliphatic rings. The number of halogens is 1. The molecule has 0 aromatic carbocycles. The molecule has 1 amide bonds. The van der Waals surface area contributed by atoms with Gasteiger partial charge in [-0.25, -0.2) is 9.97 Å². The summed E-state index contributed by atoms with van der Waals surface area (Å²) in [5.41, 5.74) is 4.87. The molecule has 0 radical (unpaired) electrons. The third kappa shape index (κ3) is 2.35. The van der Waals surface area contributed by atoms with E-state index in [-0.39, 0.29) is 5.91 Å². The summed E-state index contributed by atoms with van der Waals surface area (Å²) in [6.07, 6.45) is 2.76. The highest BCUT2D eigenvalue weighted by Gasteiger charge is 1.99. The molecule has 1 heterocycles. The number of nitrogens with one attached hydrogen (secondary N) is 2. The first kappa shape index (κ1) is 8.73. The van der Waals surface area contributed by atoms with E-state index in [0.29, 0.717) is 10.8 Å². The minimum absolute atomic E-state index is 0.218. The summed E-state index contributed by atoms with van der Waals surface area (Å²) in [5.74, 6) is 0.159. The van der Waals surface area contributed by atoms with Crippen molar-refractivity contribution in [1.29, 1.82) is 0 Å². The van der Waals surface area contributed by atoms with E-state index in [4.69, 9.17) is 11.6 Å². The van der Waals surface area contributed by atoms with Crippen LogP contribution in [0, 0.1) is 0 Å². The number of carbonyl (C=O) groups is 1. The Balaban J connectivity index is 2.63. The van der Waals surface area contributed by atoms with Crippen molar-refractivity contribution >= 4 is 23.3 Å². The summed E-state index contributed by atoms with van der Waals surface area (Å²) in [7, 11) is 0. The molecule has 2 N–H and O–H groups in total. The van der Waals surface area contributed by atoms with Crippen molar-refractivity contribution in [2.45, 2.75) is 6.92 Å². The van der Waals surface area contributed by atoms with Crippen LogP contribution in [0.1, 0.15) is 6.92 Å². The fourth-order valence-electron chi connectivity index (χ4n) is 0.552. The van der Waals surface area contributed by atoms with Gasteiger partial charge in [0.05, 0.1) is 6.20 Å². The molecule has 5 nitrogen and oxygen atoms in total. The summed E-state index contributed by atoms with van der Waals surface area (Å²) in [6.45, 7) is 1.38. The van der Waals surface area contributed by atoms with E-state index in [1.165, 1.54) is 19.4 Å². The van der Waals surface area contributed by atoms with Crippen molar-refractivity contribution in [2.75, 3.05) is 5.43 Å². The molecule has 1 aromatic heterocycles. The maximum Gasteiger partial charge on any atom is 0.235 e. The average molecular weight is 187 g/mol. The van der Waals surface area contributed by atoms with Crippen molar-refractivity contribution in [2.24, 2.45) is 0 Å². The lowest BCUT2D eigenvalue weighted by atomic mass is 10.6. The lowest BCUT2D eigenvalue weighted by molar-refractivity contribution is -0.118. The van der Waals surface area contributed by atoms with E-state index in [0.717, 1.165) is 0 Å². The first-order chi connectivity index (χ1) is 5.70. The summed E-state index contributed by atoms with van der Waals surface area (Å²) in [4.78, 5) is 17.9. The van der Waals surface area contributed by atoms with E-state index in [1.807, 2.05) is 0 Å². The molecule has 6 heteroatoms. The molecular weight excluding hydrogens is 180 g/mol. The van der Waals surface area contributed by atoms with Crippen molar-refractivity contribution in [3.05, 3.63) is 17.5 Å². The zero-order valence-corrected chi connectivity index (χ0v) is 7.09. The van der Waals surface area contributed by atoms with Gasteiger partial charge in [-0.05, 0) is 0 Å². The molecule has 0 unspecified atom stereocenters. The quantitative estimate of drug-likeness (QED) is 0.664. The van der Waals surface area contributed by atoms with Gasteiger partial charge in [0.2, 0.25) is 5.91 Å². The molecule has 0 fully saturated rings. The lowest BCUT2D eigenvalue weighted by Crippen LogP contribution is -2.27. The maximum absolute atomic E-state index is 10.5. The number of amides is 1. The van der Waals surface area contributed by atoms with Crippen LogP contribution in [0.15, 0.2) is 12.5 Å². The third-order valence-corrected chi connectivity index (χ3v) is 1.30. The second-order valence-corrected chi connectivity index (χ2v) is 2.43. The highest BCUT2D eigenvalue weighted by atomic mass is 35.5. The van der Waals surface area contributed by atoms with Crippen LogP contribution in [0.5, 0.6) is 0 Å². The molecule has 12 heavy (non-hydrogen) atoms. The van der Waals surface area contributed by atoms with Crippen LogP contribution >= 0.6 is 11.6 Å². The normalized spacial score (nSPS) is 9.17. The van der Waals surface area contributed by atoms with Gasteiger partial charge < -0.3 is 0 Å². The number of carbonyl (C=O) groups excluding carboxylic acids is 1. The Kier molecular flexibility index (Phi) is 2.82. The highest BCUT2D eigenvalue weighted by Crippen LogP contribution is 2.14. The molecule has 0 saturated carbocycles. The summed E-state index contributed by atoms with van der Waals surface area (Å²) in [6, 6.07) is 0. The van der Waals surface area contributed by atoms with E-state index < -0.39 is 0 Å². The highest BCUT2D eigenvalue weighted by molar-refractivity contribution is 6.32. The molecule has 0 bridgehead atoms. The van der Waals surface area contributed by atoms with Crippen LogP contribution < -0.4 is 10.9 Å². The number of anilines is 1. The van der Waals surface area contributed by atoms with Crippen molar-refractivity contribution in [3.63, 3.8) is 0 Å². The molecule has 0 aliphatic heterocycles. The first-order valence-corrected chi connectivity index (χ1v) is 3.56. The fraction of sp³-hybridized carbons (Fsp3) is 0.167. The van der Waals surface area contributed by atoms with E-state index in [9.17, 15) is 4.79 Å². The Hall–Kier alpha value is -1.36. The van der Waals surface area contributed by atoms with Gasteiger partial charge in [0.15, 0.2) is 5.82 Å². The summed E-state index contributed by atoms with van der Waals surface area (Å²) >= 11 is 5.67. The minimum atomic E-state index is -0.218. The third-order valence-electron chi connectivity index (χ3n) is 1.02. The molecule has 0 saturated heterocycles. The smallest absolute Gasteiger partial charge is 0.235 e. The van der Waals surface area contributed by atoms with Gasteiger partial charge >= 0.3 is 0 Å². The number of nitrogens with zero attached hydrogens (tertiary/aromatic N) is 2.